The minimum absolute atomic E-state index is 0.208. The SMILES string of the molecule is CC(=O)Nc1nc2ccc(NC(=O)C(C)N3C(=O)NC4(CCCC4)C3=O)cc2s1. The van der Waals surface area contributed by atoms with Crippen molar-refractivity contribution in [2.45, 2.75) is 51.1 Å². The Hall–Kier alpha value is -3.01. The molecule has 10 heteroatoms. The third kappa shape index (κ3) is 3.44. The van der Waals surface area contributed by atoms with Crippen molar-refractivity contribution in [3.63, 3.8) is 0 Å². The molecule has 29 heavy (non-hydrogen) atoms. The van der Waals surface area contributed by atoms with Crippen molar-refractivity contribution in [1.82, 2.24) is 15.2 Å². The minimum atomic E-state index is -0.936. The van der Waals surface area contributed by atoms with Gasteiger partial charge in [-0.15, -0.1) is 0 Å². The molecule has 1 aliphatic carbocycles. The van der Waals surface area contributed by atoms with Crippen LogP contribution in [-0.2, 0) is 14.4 Å². The summed E-state index contributed by atoms with van der Waals surface area (Å²) in [4.78, 5) is 54.4. The van der Waals surface area contributed by atoms with Gasteiger partial charge in [0.05, 0.1) is 10.2 Å². The van der Waals surface area contributed by atoms with Gasteiger partial charge in [-0.3, -0.25) is 14.4 Å². The third-order valence-electron chi connectivity index (χ3n) is 5.36. The lowest BCUT2D eigenvalue weighted by Crippen LogP contribution is -2.48. The second-order valence-electron chi connectivity index (χ2n) is 7.44. The summed E-state index contributed by atoms with van der Waals surface area (Å²) < 4.78 is 0.791. The number of amides is 5. The van der Waals surface area contributed by atoms with E-state index in [9.17, 15) is 19.2 Å². The molecule has 9 nitrogen and oxygen atoms in total. The fraction of sp³-hybridized carbons (Fsp3) is 0.421. The summed E-state index contributed by atoms with van der Waals surface area (Å²) >= 11 is 1.29. The number of nitrogens with one attached hydrogen (secondary N) is 3. The van der Waals surface area contributed by atoms with Gasteiger partial charge in [0, 0.05) is 12.6 Å². The van der Waals surface area contributed by atoms with Gasteiger partial charge in [-0.2, -0.15) is 0 Å². The van der Waals surface area contributed by atoms with Crippen molar-refractivity contribution in [3.05, 3.63) is 18.2 Å². The zero-order chi connectivity index (χ0) is 20.8. The molecule has 1 spiro atoms. The first-order valence-corrected chi connectivity index (χ1v) is 10.3. The maximum atomic E-state index is 12.8. The van der Waals surface area contributed by atoms with Crippen molar-refractivity contribution in [3.8, 4) is 0 Å². The molecule has 4 rings (SSSR count). The van der Waals surface area contributed by atoms with Crippen LogP contribution in [0, 0.1) is 0 Å². The summed E-state index contributed by atoms with van der Waals surface area (Å²) in [5.41, 5.74) is 0.380. The van der Waals surface area contributed by atoms with E-state index in [1.165, 1.54) is 18.3 Å². The molecule has 2 heterocycles. The Morgan fingerprint density at radius 1 is 1.24 bits per heavy atom. The first-order valence-electron chi connectivity index (χ1n) is 9.44. The lowest BCUT2D eigenvalue weighted by molar-refractivity contribution is -0.136. The van der Waals surface area contributed by atoms with E-state index < -0.39 is 23.5 Å². The van der Waals surface area contributed by atoms with Crippen molar-refractivity contribution in [2.75, 3.05) is 10.6 Å². The van der Waals surface area contributed by atoms with Crippen LogP contribution in [0.4, 0.5) is 15.6 Å². The molecular formula is C19H21N5O4S. The van der Waals surface area contributed by atoms with Crippen LogP contribution in [0.1, 0.15) is 39.5 Å². The van der Waals surface area contributed by atoms with Crippen molar-refractivity contribution < 1.29 is 19.2 Å². The standard InChI is InChI=1S/C19H21N5O4S/c1-10(24-16(27)19(23-18(24)28)7-3-4-8-19)15(26)21-12-5-6-13-14(9-12)29-17(22-13)20-11(2)25/h5-6,9-10H,3-4,7-8H2,1-2H3,(H,21,26)(H,23,28)(H,20,22,25). The summed E-state index contributed by atoms with van der Waals surface area (Å²) in [7, 11) is 0. The molecule has 1 aromatic heterocycles. The van der Waals surface area contributed by atoms with Crippen LogP contribution in [0.2, 0.25) is 0 Å². The molecule has 152 valence electrons. The van der Waals surface area contributed by atoms with Crippen molar-refractivity contribution in [1.29, 1.82) is 0 Å². The Morgan fingerprint density at radius 2 is 1.97 bits per heavy atom. The number of benzene rings is 1. The van der Waals surface area contributed by atoms with Crippen LogP contribution in [0.5, 0.6) is 0 Å². The quantitative estimate of drug-likeness (QED) is 0.663. The number of nitrogens with zero attached hydrogens (tertiary/aromatic N) is 2. The van der Waals surface area contributed by atoms with Gasteiger partial charge in [0.25, 0.3) is 5.91 Å². The van der Waals surface area contributed by atoms with Crippen LogP contribution >= 0.6 is 11.3 Å². The van der Waals surface area contributed by atoms with E-state index in [-0.39, 0.29) is 11.8 Å². The highest BCUT2D eigenvalue weighted by molar-refractivity contribution is 7.22. The first kappa shape index (κ1) is 19.3. The zero-order valence-corrected chi connectivity index (χ0v) is 16.9. The number of rotatable bonds is 4. The second-order valence-corrected chi connectivity index (χ2v) is 8.47. The summed E-state index contributed by atoms with van der Waals surface area (Å²) in [5.74, 6) is -0.977. The Bertz CT molecular complexity index is 1030. The van der Waals surface area contributed by atoms with Gasteiger partial charge in [-0.1, -0.05) is 24.2 Å². The van der Waals surface area contributed by atoms with Gasteiger partial charge >= 0.3 is 6.03 Å². The fourth-order valence-electron chi connectivity index (χ4n) is 3.88. The van der Waals surface area contributed by atoms with E-state index in [2.05, 4.69) is 20.9 Å². The van der Waals surface area contributed by atoms with E-state index in [0.29, 0.717) is 29.2 Å². The van der Waals surface area contributed by atoms with Crippen molar-refractivity contribution in [2.24, 2.45) is 0 Å². The highest BCUT2D eigenvalue weighted by atomic mass is 32.1. The van der Waals surface area contributed by atoms with E-state index in [4.69, 9.17) is 0 Å². The zero-order valence-electron chi connectivity index (χ0n) is 16.1. The molecule has 1 saturated carbocycles. The van der Waals surface area contributed by atoms with Crippen LogP contribution in [-0.4, -0.2) is 45.2 Å². The van der Waals surface area contributed by atoms with Crippen LogP contribution < -0.4 is 16.0 Å². The molecule has 0 bridgehead atoms. The highest BCUT2D eigenvalue weighted by Crippen LogP contribution is 2.36. The van der Waals surface area contributed by atoms with Gasteiger partial charge in [0.15, 0.2) is 5.13 Å². The predicted octanol–water partition coefficient (Wildman–Crippen LogP) is 2.45. The normalized spacial score (nSPS) is 18.9. The summed E-state index contributed by atoms with van der Waals surface area (Å²) in [6.45, 7) is 2.95. The second kappa shape index (κ2) is 7.11. The number of anilines is 2. The molecule has 2 aromatic rings. The average molecular weight is 415 g/mol. The smallest absolute Gasteiger partial charge is 0.324 e. The Kier molecular flexibility index (Phi) is 4.73. The fourth-order valence-corrected chi connectivity index (χ4v) is 4.83. The third-order valence-corrected chi connectivity index (χ3v) is 6.29. The van der Waals surface area contributed by atoms with Crippen LogP contribution in [0.15, 0.2) is 18.2 Å². The first-order chi connectivity index (χ1) is 13.8. The molecule has 2 aliphatic rings. The molecule has 1 saturated heterocycles. The van der Waals surface area contributed by atoms with Crippen LogP contribution in [0.25, 0.3) is 10.2 Å². The number of thiazole rings is 1. The molecule has 0 radical (unpaired) electrons. The number of fused-ring (bicyclic) bond motifs is 1. The van der Waals surface area contributed by atoms with Crippen LogP contribution in [0.3, 0.4) is 0 Å². The molecule has 5 amide bonds. The highest BCUT2D eigenvalue weighted by Gasteiger charge is 2.54. The Labute approximate surface area is 170 Å². The van der Waals surface area contributed by atoms with E-state index in [1.807, 2.05) is 0 Å². The molecule has 1 aliphatic heterocycles. The number of imide groups is 1. The van der Waals surface area contributed by atoms with Gasteiger partial charge < -0.3 is 16.0 Å². The number of carbonyl (C=O) groups excluding carboxylic acids is 4. The largest absolute Gasteiger partial charge is 0.325 e. The van der Waals surface area contributed by atoms with Gasteiger partial charge in [0.2, 0.25) is 11.8 Å². The van der Waals surface area contributed by atoms with Gasteiger partial charge in [-0.05, 0) is 38.0 Å². The predicted molar refractivity (Wildman–Crippen MR) is 109 cm³/mol. The maximum absolute atomic E-state index is 12.8. The monoisotopic (exact) mass is 415 g/mol. The molecular weight excluding hydrogens is 394 g/mol. The minimum Gasteiger partial charge on any atom is -0.324 e. The lowest BCUT2D eigenvalue weighted by Gasteiger charge is -2.23. The molecule has 1 atom stereocenters. The average Bonchev–Trinajstić information content (AvgIpc) is 3.33. The Balaban J connectivity index is 1.49. The molecule has 1 unspecified atom stereocenters. The molecule has 1 aromatic carbocycles. The summed E-state index contributed by atoms with van der Waals surface area (Å²) in [6.07, 6.45) is 2.99. The summed E-state index contributed by atoms with van der Waals surface area (Å²) in [5, 5.41) is 8.66. The summed E-state index contributed by atoms with van der Waals surface area (Å²) in [6, 6.07) is 3.72. The number of aromatic nitrogens is 1. The topological polar surface area (TPSA) is 120 Å². The van der Waals surface area contributed by atoms with Gasteiger partial charge in [0.1, 0.15) is 11.6 Å². The number of hydrogen-bond donors (Lipinski definition) is 3. The molecule has 2 fully saturated rings. The van der Waals surface area contributed by atoms with E-state index in [1.54, 1.807) is 25.1 Å². The number of hydrogen-bond acceptors (Lipinski definition) is 6. The van der Waals surface area contributed by atoms with E-state index in [0.717, 1.165) is 22.4 Å². The lowest BCUT2D eigenvalue weighted by atomic mass is 9.97. The Morgan fingerprint density at radius 3 is 2.66 bits per heavy atom. The van der Waals surface area contributed by atoms with E-state index >= 15 is 0 Å². The number of carbonyl (C=O) groups is 4. The maximum Gasteiger partial charge on any atom is 0.325 e. The molecule has 3 N–H and O–H groups in total. The van der Waals surface area contributed by atoms with Gasteiger partial charge in [-0.25, -0.2) is 14.7 Å². The number of urea groups is 1. The van der Waals surface area contributed by atoms with Crippen molar-refractivity contribution >= 4 is 56.1 Å².